The van der Waals surface area contributed by atoms with Crippen molar-refractivity contribution in [2.24, 2.45) is 5.92 Å². The largest absolute Gasteiger partial charge is 0.426 e. The maximum atomic E-state index is 12.7. The molecule has 5 heteroatoms. The number of esters is 1. The van der Waals surface area contributed by atoms with Crippen molar-refractivity contribution in [3.63, 3.8) is 0 Å². The van der Waals surface area contributed by atoms with E-state index in [0.29, 0.717) is 12.3 Å². The zero-order valence-electron chi connectivity index (χ0n) is 19.0. The molecule has 1 fully saturated rings. The molecule has 2 aromatic carbocycles. The number of ether oxygens (including phenoxy) is 1. The minimum atomic E-state index is -0.111. The molecule has 1 N–H and O–H groups in total. The maximum absolute atomic E-state index is 12.7. The van der Waals surface area contributed by atoms with Crippen molar-refractivity contribution in [1.29, 1.82) is 0 Å². The Morgan fingerprint density at radius 3 is 2.67 bits per heavy atom. The average Bonchev–Trinajstić information content (AvgIpc) is 3.24. The normalized spacial score (nSPS) is 14.3. The third-order valence-corrected chi connectivity index (χ3v) is 6.41. The van der Waals surface area contributed by atoms with Gasteiger partial charge in [-0.3, -0.25) is 9.20 Å². The van der Waals surface area contributed by atoms with Crippen molar-refractivity contribution < 1.29 is 9.53 Å². The van der Waals surface area contributed by atoms with E-state index in [1.165, 1.54) is 12.0 Å². The zero-order chi connectivity index (χ0) is 22.6. The van der Waals surface area contributed by atoms with Gasteiger partial charge in [0.1, 0.15) is 22.9 Å². The van der Waals surface area contributed by atoms with Crippen molar-refractivity contribution in [2.75, 3.05) is 5.32 Å². The number of fused-ring (bicyclic) bond motifs is 1. The minimum absolute atomic E-state index is 0.0170. The van der Waals surface area contributed by atoms with Gasteiger partial charge >= 0.3 is 5.97 Å². The third-order valence-electron chi connectivity index (χ3n) is 6.41. The van der Waals surface area contributed by atoms with Crippen LogP contribution in [0.1, 0.15) is 43.2 Å². The van der Waals surface area contributed by atoms with Crippen LogP contribution in [0.2, 0.25) is 0 Å². The average molecular weight is 440 g/mol. The van der Waals surface area contributed by atoms with Crippen LogP contribution in [-0.4, -0.2) is 15.4 Å². The molecule has 5 nitrogen and oxygen atoms in total. The second-order valence-corrected chi connectivity index (χ2v) is 8.82. The fraction of sp³-hybridized carbons (Fsp3) is 0.286. The van der Waals surface area contributed by atoms with E-state index in [0.717, 1.165) is 54.0 Å². The van der Waals surface area contributed by atoms with Gasteiger partial charge in [0.15, 0.2) is 0 Å². The van der Waals surface area contributed by atoms with Crippen LogP contribution in [0.3, 0.4) is 0 Å². The van der Waals surface area contributed by atoms with Crippen LogP contribution in [-0.2, 0) is 11.3 Å². The first-order chi connectivity index (χ1) is 16.2. The van der Waals surface area contributed by atoms with Crippen LogP contribution < -0.4 is 10.1 Å². The SMILES string of the molecule is Cc1cccn2c(NCc3ccccc3)c(-c3cccc(OC(=O)C4CCCCC4)c3)nc12. The molecule has 0 aliphatic heterocycles. The first-order valence-electron chi connectivity index (χ1n) is 11.8. The van der Waals surface area contributed by atoms with E-state index >= 15 is 0 Å². The smallest absolute Gasteiger partial charge is 0.314 e. The molecule has 1 aliphatic carbocycles. The summed E-state index contributed by atoms with van der Waals surface area (Å²) in [5.41, 5.74) is 4.97. The minimum Gasteiger partial charge on any atom is -0.426 e. The van der Waals surface area contributed by atoms with Crippen LogP contribution in [0, 0.1) is 12.8 Å². The lowest BCUT2D eigenvalue weighted by molar-refractivity contribution is -0.139. The van der Waals surface area contributed by atoms with E-state index < -0.39 is 0 Å². The number of imidazole rings is 1. The van der Waals surface area contributed by atoms with Gasteiger partial charge < -0.3 is 10.1 Å². The Morgan fingerprint density at radius 2 is 1.85 bits per heavy atom. The summed E-state index contributed by atoms with van der Waals surface area (Å²) in [7, 11) is 0. The second kappa shape index (κ2) is 9.49. The Balaban J connectivity index is 1.46. The molecule has 1 aliphatic rings. The number of carbonyl (C=O) groups is 1. The molecule has 0 radical (unpaired) electrons. The number of aromatic nitrogens is 2. The standard InChI is InChI=1S/C28H29N3O2/c1-20-10-9-17-31-26(20)30-25(27(31)29-19-21-11-4-2-5-12-21)23-15-8-16-24(18-23)33-28(32)22-13-6-3-7-14-22/h2,4-5,8-12,15-18,22,29H,3,6-7,13-14,19H2,1H3. The number of nitrogens with one attached hydrogen (secondary N) is 1. The second-order valence-electron chi connectivity index (χ2n) is 8.82. The highest BCUT2D eigenvalue weighted by molar-refractivity contribution is 5.79. The fourth-order valence-corrected chi connectivity index (χ4v) is 4.60. The Bertz CT molecular complexity index is 1260. The van der Waals surface area contributed by atoms with Crippen LogP contribution in [0.5, 0.6) is 5.75 Å². The number of aryl methyl sites for hydroxylation is 1. The molecular weight excluding hydrogens is 410 g/mol. The highest BCUT2D eigenvalue weighted by atomic mass is 16.5. The number of hydrogen-bond acceptors (Lipinski definition) is 4. The first kappa shape index (κ1) is 21.3. The highest BCUT2D eigenvalue weighted by Crippen LogP contribution is 2.33. The fourth-order valence-electron chi connectivity index (χ4n) is 4.60. The van der Waals surface area contributed by atoms with Crippen molar-refractivity contribution >= 4 is 17.4 Å². The Labute approximate surface area is 194 Å². The molecule has 0 amide bonds. The lowest BCUT2D eigenvalue weighted by Crippen LogP contribution is -2.22. The van der Waals surface area contributed by atoms with Gasteiger partial charge in [-0.15, -0.1) is 0 Å². The van der Waals surface area contributed by atoms with Gasteiger partial charge in [-0.05, 0) is 49.1 Å². The van der Waals surface area contributed by atoms with E-state index in [-0.39, 0.29) is 11.9 Å². The summed E-state index contributed by atoms with van der Waals surface area (Å²) in [6.45, 7) is 2.75. The van der Waals surface area contributed by atoms with Gasteiger partial charge in [-0.2, -0.15) is 0 Å². The summed E-state index contributed by atoms with van der Waals surface area (Å²) in [6.07, 6.45) is 7.31. The number of anilines is 1. The number of nitrogens with zero attached hydrogens (tertiary/aromatic N) is 2. The molecule has 2 heterocycles. The monoisotopic (exact) mass is 439 g/mol. The third kappa shape index (κ3) is 4.63. The summed E-state index contributed by atoms with van der Waals surface area (Å²) in [6, 6.07) is 22.1. The predicted molar refractivity (Wildman–Crippen MR) is 131 cm³/mol. The Hall–Kier alpha value is -3.60. The van der Waals surface area contributed by atoms with Gasteiger partial charge in [0.25, 0.3) is 0 Å². The van der Waals surface area contributed by atoms with Crippen molar-refractivity contribution in [2.45, 2.75) is 45.6 Å². The molecule has 5 rings (SSSR count). The molecule has 0 atom stereocenters. The highest BCUT2D eigenvalue weighted by Gasteiger charge is 2.23. The Morgan fingerprint density at radius 1 is 1.03 bits per heavy atom. The molecular formula is C28H29N3O2. The topological polar surface area (TPSA) is 55.6 Å². The van der Waals surface area contributed by atoms with Gasteiger partial charge in [0.2, 0.25) is 0 Å². The van der Waals surface area contributed by atoms with Crippen molar-refractivity contribution in [3.8, 4) is 17.0 Å². The van der Waals surface area contributed by atoms with Crippen LogP contribution >= 0.6 is 0 Å². The van der Waals surface area contributed by atoms with Gasteiger partial charge in [0, 0.05) is 18.3 Å². The first-order valence-corrected chi connectivity index (χ1v) is 11.8. The molecule has 0 spiro atoms. The zero-order valence-corrected chi connectivity index (χ0v) is 19.0. The van der Waals surface area contributed by atoms with Crippen LogP contribution in [0.25, 0.3) is 16.9 Å². The lowest BCUT2D eigenvalue weighted by atomic mass is 9.89. The van der Waals surface area contributed by atoms with Gasteiger partial charge in [0.05, 0.1) is 5.92 Å². The van der Waals surface area contributed by atoms with E-state index in [2.05, 4.69) is 34.8 Å². The lowest BCUT2D eigenvalue weighted by Gasteiger charge is -2.19. The summed E-state index contributed by atoms with van der Waals surface area (Å²) in [5, 5.41) is 3.58. The number of carbonyl (C=O) groups excluding carboxylic acids is 1. The van der Waals surface area contributed by atoms with Crippen LogP contribution in [0.15, 0.2) is 72.9 Å². The van der Waals surface area contributed by atoms with E-state index in [1.54, 1.807) is 0 Å². The summed E-state index contributed by atoms with van der Waals surface area (Å²) in [5.74, 6) is 1.41. The van der Waals surface area contributed by atoms with Gasteiger partial charge in [-0.1, -0.05) is 67.8 Å². The molecule has 2 aromatic heterocycles. The molecule has 1 saturated carbocycles. The van der Waals surface area contributed by atoms with Gasteiger partial charge in [-0.25, -0.2) is 4.98 Å². The number of benzene rings is 2. The molecule has 0 bridgehead atoms. The summed E-state index contributed by atoms with van der Waals surface area (Å²) in [4.78, 5) is 17.6. The molecule has 0 unspecified atom stereocenters. The number of pyridine rings is 1. The number of rotatable bonds is 6. The van der Waals surface area contributed by atoms with Crippen LogP contribution in [0.4, 0.5) is 5.82 Å². The van der Waals surface area contributed by atoms with Crippen molar-refractivity contribution in [3.05, 3.63) is 84.1 Å². The quantitative estimate of drug-likeness (QED) is 0.279. The summed E-state index contributed by atoms with van der Waals surface area (Å²) >= 11 is 0. The molecule has 0 saturated heterocycles. The van der Waals surface area contributed by atoms with E-state index in [1.807, 2.05) is 54.7 Å². The predicted octanol–water partition coefficient (Wildman–Crippen LogP) is 6.41. The molecule has 168 valence electrons. The van der Waals surface area contributed by atoms with E-state index in [4.69, 9.17) is 9.72 Å². The van der Waals surface area contributed by atoms with Crippen molar-refractivity contribution in [1.82, 2.24) is 9.38 Å². The summed E-state index contributed by atoms with van der Waals surface area (Å²) < 4.78 is 7.88. The van der Waals surface area contributed by atoms with E-state index in [9.17, 15) is 4.79 Å². The number of hydrogen-bond donors (Lipinski definition) is 1. The maximum Gasteiger partial charge on any atom is 0.314 e. The molecule has 33 heavy (non-hydrogen) atoms. The molecule has 4 aromatic rings. The Kier molecular flexibility index (Phi) is 6.11.